The molecule has 0 bridgehead atoms. The van der Waals surface area contributed by atoms with Crippen molar-refractivity contribution in [1.29, 1.82) is 0 Å². The van der Waals surface area contributed by atoms with Crippen molar-refractivity contribution in [1.82, 2.24) is 4.90 Å². The first kappa shape index (κ1) is 24.3. The molecule has 166 valence electrons. The summed E-state index contributed by atoms with van der Waals surface area (Å²) in [7, 11) is 1.77. The van der Waals surface area contributed by atoms with Crippen LogP contribution in [0.3, 0.4) is 0 Å². The van der Waals surface area contributed by atoms with E-state index in [9.17, 15) is 14.4 Å². The van der Waals surface area contributed by atoms with Gasteiger partial charge in [0.25, 0.3) is 0 Å². The number of hydrogen-bond acceptors (Lipinski definition) is 4. The molecule has 1 unspecified atom stereocenters. The Morgan fingerprint density at radius 3 is 2.47 bits per heavy atom. The van der Waals surface area contributed by atoms with Gasteiger partial charge in [0.2, 0.25) is 5.91 Å². The highest BCUT2D eigenvalue weighted by atomic mass is 16.5. The van der Waals surface area contributed by atoms with Crippen molar-refractivity contribution in [3.05, 3.63) is 35.4 Å². The summed E-state index contributed by atoms with van der Waals surface area (Å²) in [6, 6.07) is 7.73. The van der Waals surface area contributed by atoms with Gasteiger partial charge in [-0.1, -0.05) is 57.4 Å². The molecule has 1 saturated carbocycles. The van der Waals surface area contributed by atoms with Crippen LogP contribution in [-0.2, 0) is 32.1 Å². The predicted molar refractivity (Wildman–Crippen MR) is 118 cm³/mol. The van der Waals surface area contributed by atoms with E-state index in [1.165, 1.54) is 6.42 Å². The van der Waals surface area contributed by atoms with E-state index in [0.29, 0.717) is 38.3 Å². The number of hydrogen-bond donors (Lipinski definition) is 0. The quantitative estimate of drug-likeness (QED) is 0.376. The number of nitrogens with zero attached hydrogens (tertiary/aromatic N) is 1. The third-order valence-corrected chi connectivity index (χ3v) is 5.74. The molecule has 0 saturated heterocycles. The fraction of sp³-hybridized carbons (Fsp3) is 0.640. The molecule has 2 rings (SSSR count). The second-order valence-corrected chi connectivity index (χ2v) is 8.92. The molecule has 1 fully saturated rings. The molecule has 5 nitrogen and oxygen atoms in total. The zero-order valence-electron chi connectivity index (χ0n) is 18.8. The smallest absolute Gasteiger partial charge is 0.248 e. The number of likely N-dealkylation sites (N-methyl/N-ethyl adjacent to an activating group) is 1. The summed E-state index contributed by atoms with van der Waals surface area (Å²) in [5, 5.41) is 0. The number of unbranched alkanes of at least 4 members (excludes halogenated alkanes) is 1. The van der Waals surface area contributed by atoms with E-state index in [-0.39, 0.29) is 24.1 Å². The van der Waals surface area contributed by atoms with Crippen molar-refractivity contribution in [2.75, 3.05) is 20.3 Å². The summed E-state index contributed by atoms with van der Waals surface area (Å²) in [6.45, 7) is 5.66. The van der Waals surface area contributed by atoms with Gasteiger partial charge in [-0.15, -0.1) is 0 Å². The number of amides is 1. The van der Waals surface area contributed by atoms with Crippen LogP contribution in [0.4, 0.5) is 0 Å². The highest BCUT2D eigenvalue weighted by Crippen LogP contribution is 2.23. The molecule has 1 aromatic carbocycles. The molecule has 1 aliphatic rings. The van der Waals surface area contributed by atoms with E-state index in [1.807, 2.05) is 24.3 Å². The first-order valence-corrected chi connectivity index (χ1v) is 11.3. The van der Waals surface area contributed by atoms with E-state index < -0.39 is 5.92 Å². The van der Waals surface area contributed by atoms with Gasteiger partial charge in [-0.3, -0.25) is 14.4 Å². The maximum atomic E-state index is 12.4. The maximum Gasteiger partial charge on any atom is 0.248 e. The Morgan fingerprint density at radius 1 is 1.10 bits per heavy atom. The van der Waals surface area contributed by atoms with Crippen LogP contribution >= 0.6 is 0 Å². The second kappa shape index (κ2) is 12.6. The molecule has 0 heterocycles. The number of carbonyl (C=O) groups is 3. The van der Waals surface area contributed by atoms with Gasteiger partial charge in [-0.05, 0) is 36.3 Å². The molecule has 0 N–H and O–H groups in total. The number of carbonyl (C=O) groups excluding carboxylic acids is 3. The Labute approximate surface area is 181 Å². The summed E-state index contributed by atoms with van der Waals surface area (Å²) in [6.07, 6.45) is 6.72. The third kappa shape index (κ3) is 8.39. The van der Waals surface area contributed by atoms with Crippen molar-refractivity contribution in [3.63, 3.8) is 0 Å². The molecule has 1 aliphatic carbocycles. The standard InChI is InChI=1S/C25H37NO4/c1-19(2)8-6-7-15-30-18-25(29)26(3)17-21-13-11-20(12-14-21)16-24(28)22-9-4-5-10-23(22)27/h11-14,19,22H,4-10,15-18H2,1-3H3. The Kier molecular flexibility index (Phi) is 10.2. The normalized spacial score (nSPS) is 16.7. The zero-order valence-corrected chi connectivity index (χ0v) is 18.8. The molecule has 5 heteroatoms. The largest absolute Gasteiger partial charge is 0.372 e. The highest BCUT2D eigenvalue weighted by molar-refractivity contribution is 6.03. The topological polar surface area (TPSA) is 63.7 Å². The number of Topliss-reactive ketones (excluding diaryl/α,β-unsaturated/α-hetero) is 2. The fourth-order valence-electron chi connectivity index (χ4n) is 3.80. The van der Waals surface area contributed by atoms with Gasteiger partial charge in [0.05, 0.1) is 5.92 Å². The van der Waals surface area contributed by atoms with E-state index in [1.54, 1.807) is 11.9 Å². The second-order valence-electron chi connectivity index (χ2n) is 8.92. The lowest BCUT2D eigenvalue weighted by molar-refractivity contribution is -0.135. The maximum absolute atomic E-state index is 12.4. The van der Waals surface area contributed by atoms with Crippen molar-refractivity contribution in [2.24, 2.45) is 11.8 Å². The summed E-state index contributed by atoms with van der Waals surface area (Å²) in [5.74, 6) is 0.397. The Morgan fingerprint density at radius 2 is 1.80 bits per heavy atom. The van der Waals surface area contributed by atoms with Gasteiger partial charge in [0.15, 0.2) is 0 Å². The molecule has 0 spiro atoms. The van der Waals surface area contributed by atoms with Crippen LogP contribution in [-0.4, -0.2) is 42.6 Å². The Balaban J connectivity index is 1.71. The summed E-state index contributed by atoms with van der Waals surface area (Å²) in [5.41, 5.74) is 1.92. The molecule has 1 atom stereocenters. The van der Waals surface area contributed by atoms with E-state index in [4.69, 9.17) is 4.74 Å². The monoisotopic (exact) mass is 415 g/mol. The lowest BCUT2D eigenvalue weighted by atomic mass is 9.83. The van der Waals surface area contributed by atoms with Crippen molar-refractivity contribution in [2.45, 2.75) is 71.8 Å². The highest BCUT2D eigenvalue weighted by Gasteiger charge is 2.28. The zero-order chi connectivity index (χ0) is 21.9. The molecule has 1 amide bonds. The van der Waals surface area contributed by atoms with Crippen LogP contribution in [0.15, 0.2) is 24.3 Å². The first-order valence-electron chi connectivity index (χ1n) is 11.3. The summed E-state index contributed by atoms with van der Waals surface area (Å²) in [4.78, 5) is 38.3. The van der Waals surface area contributed by atoms with Gasteiger partial charge < -0.3 is 9.64 Å². The van der Waals surface area contributed by atoms with Crippen LogP contribution in [0.1, 0.15) is 69.9 Å². The average molecular weight is 416 g/mol. The van der Waals surface area contributed by atoms with Gasteiger partial charge in [0.1, 0.15) is 18.2 Å². The molecular weight excluding hydrogens is 378 g/mol. The number of rotatable bonds is 12. The Hall–Kier alpha value is -2.01. The number of ether oxygens (including phenoxy) is 1. The van der Waals surface area contributed by atoms with Crippen molar-refractivity contribution in [3.8, 4) is 0 Å². The van der Waals surface area contributed by atoms with Gasteiger partial charge >= 0.3 is 0 Å². The molecule has 0 radical (unpaired) electrons. The molecule has 1 aromatic rings. The lowest BCUT2D eigenvalue weighted by Crippen LogP contribution is -2.30. The summed E-state index contributed by atoms with van der Waals surface area (Å²) >= 11 is 0. The third-order valence-electron chi connectivity index (χ3n) is 5.74. The van der Waals surface area contributed by atoms with Crippen LogP contribution in [0.5, 0.6) is 0 Å². The van der Waals surface area contributed by atoms with Gasteiger partial charge in [-0.25, -0.2) is 0 Å². The SMILES string of the molecule is CC(C)CCCCOCC(=O)N(C)Cc1ccc(CC(=O)C2CCCCC2=O)cc1. The van der Waals surface area contributed by atoms with Crippen LogP contribution in [0.25, 0.3) is 0 Å². The predicted octanol–water partition coefficient (Wildman–Crippen LogP) is 4.36. The van der Waals surface area contributed by atoms with Gasteiger partial charge in [-0.2, -0.15) is 0 Å². The van der Waals surface area contributed by atoms with E-state index in [2.05, 4.69) is 13.8 Å². The minimum Gasteiger partial charge on any atom is -0.372 e. The van der Waals surface area contributed by atoms with Crippen LogP contribution in [0.2, 0.25) is 0 Å². The fourth-order valence-corrected chi connectivity index (χ4v) is 3.80. The van der Waals surface area contributed by atoms with Crippen LogP contribution in [0, 0.1) is 11.8 Å². The number of benzene rings is 1. The van der Waals surface area contributed by atoms with E-state index >= 15 is 0 Å². The number of ketones is 2. The lowest BCUT2D eigenvalue weighted by Gasteiger charge is -2.19. The first-order chi connectivity index (χ1) is 14.4. The van der Waals surface area contributed by atoms with E-state index in [0.717, 1.165) is 36.8 Å². The minimum atomic E-state index is -0.410. The van der Waals surface area contributed by atoms with Crippen molar-refractivity contribution < 1.29 is 19.1 Å². The molecule has 0 aromatic heterocycles. The van der Waals surface area contributed by atoms with Crippen molar-refractivity contribution >= 4 is 17.5 Å². The minimum absolute atomic E-state index is 0.0327. The average Bonchev–Trinajstić information content (AvgIpc) is 2.71. The Bertz CT molecular complexity index is 696. The molecule has 0 aliphatic heterocycles. The molecule has 30 heavy (non-hydrogen) atoms. The van der Waals surface area contributed by atoms with Gasteiger partial charge in [0, 0.05) is 33.0 Å². The summed E-state index contributed by atoms with van der Waals surface area (Å²) < 4.78 is 5.51. The molecular formula is C25H37NO4. The van der Waals surface area contributed by atoms with Crippen LogP contribution < -0.4 is 0 Å².